The second-order valence-electron chi connectivity index (χ2n) is 4.82. The summed E-state index contributed by atoms with van der Waals surface area (Å²) >= 11 is 0. The average Bonchev–Trinajstić information content (AvgIpc) is 2.78. The van der Waals surface area contributed by atoms with Crippen LogP contribution < -0.4 is 0 Å². The molecule has 2 atom stereocenters. The van der Waals surface area contributed by atoms with Gasteiger partial charge in [0.05, 0.1) is 12.2 Å². The predicted octanol–water partition coefficient (Wildman–Crippen LogP) is 2.50. The minimum atomic E-state index is -0.0396. The molecule has 2 aliphatic carbocycles. The predicted molar refractivity (Wildman–Crippen MR) is 56.2 cm³/mol. The molecule has 1 N–H and O–H groups in total. The van der Waals surface area contributed by atoms with E-state index in [9.17, 15) is 5.11 Å². The van der Waals surface area contributed by atoms with E-state index in [4.69, 9.17) is 4.74 Å². The van der Waals surface area contributed by atoms with Crippen LogP contribution in [0.15, 0.2) is 0 Å². The van der Waals surface area contributed by atoms with Gasteiger partial charge in [-0.1, -0.05) is 19.3 Å². The quantitative estimate of drug-likeness (QED) is 0.752. The fourth-order valence-electron chi connectivity index (χ4n) is 2.80. The van der Waals surface area contributed by atoms with Crippen LogP contribution in [0.2, 0.25) is 0 Å². The molecule has 0 amide bonds. The molecule has 0 radical (unpaired) electrons. The highest BCUT2D eigenvalue weighted by atomic mass is 16.5. The van der Waals surface area contributed by atoms with E-state index in [2.05, 4.69) is 0 Å². The third-order valence-electron chi connectivity index (χ3n) is 3.76. The summed E-state index contributed by atoms with van der Waals surface area (Å²) < 4.78 is 5.80. The lowest BCUT2D eigenvalue weighted by atomic mass is 10.0. The van der Waals surface area contributed by atoms with Crippen LogP contribution in [0, 0.1) is 5.92 Å². The summed E-state index contributed by atoms with van der Waals surface area (Å²) in [6, 6.07) is 0. The molecule has 0 spiro atoms. The van der Waals surface area contributed by atoms with Crippen LogP contribution in [0.5, 0.6) is 0 Å². The van der Waals surface area contributed by atoms with Crippen molar-refractivity contribution >= 4 is 0 Å². The lowest BCUT2D eigenvalue weighted by Gasteiger charge is -2.16. The fourth-order valence-corrected chi connectivity index (χ4v) is 2.80. The molecule has 14 heavy (non-hydrogen) atoms. The summed E-state index contributed by atoms with van der Waals surface area (Å²) in [5.41, 5.74) is 0. The number of rotatable bonds is 4. The third-order valence-corrected chi connectivity index (χ3v) is 3.76. The van der Waals surface area contributed by atoms with Gasteiger partial charge in [-0.3, -0.25) is 0 Å². The molecule has 0 aromatic rings. The Morgan fingerprint density at radius 1 is 1.00 bits per heavy atom. The first-order valence-corrected chi connectivity index (χ1v) is 6.16. The van der Waals surface area contributed by atoms with E-state index < -0.39 is 0 Å². The zero-order chi connectivity index (χ0) is 9.80. The van der Waals surface area contributed by atoms with Crippen LogP contribution in [0.1, 0.15) is 51.4 Å². The van der Waals surface area contributed by atoms with E-state index >= 15 is 0 Å². The van der Waals surface area contributed by atoms with Crippen LogP contribution in [0.4, 0.5) is 0 Å². The van der Waals surface area contributed by atoms with Crippen molar-refractivity contribution < 1.29 is 9.84 Å². The molecule has 0 aliphatic heterocycles. The van der Waals surface area contributed by atoms with Crippen molar-refractivity contribution in [2.24, 2.45) is 5.92 Å². The van der Waals surface area contributed by atoms with Crippen molar-refractivity contribution in [3.8, 4) is 0 Å². The Kier molecular flexibility index (Phi) is 3.82. The molecule has 0 saturated heterocycles. The summed E-state index contributed by atoms with van der Waals surface area (Å²) in [6.07, 6.45) is 10.2. The number of aliphatic hydroxyl groups excluding tert-OH is 1. The van der Waals surface area contributed by atoms with Crippen molar-refractivity contribution in [3.05, 3.63) is 0 Å². The van der Waals surface area contributed by atoms with Gasteiger partial charge in [-0.15, -0.1) is 0 Å². The van der Waals surface area contributed by atoms with E-state index in [1.54, 1.807) is 0 Å². The van der Waals surface area contributed by atoms with E-state index in [0.29, 0.717) is 12.0 Å². The van der Waals surface area contributed by atoms with Gasteiger partial charge in [0.15, 0.2) is 0 Å². The Balaban J connectivity index is 1.57. The highest BCUT2D eigenvalue weighted by molar-refractivity contribution is 4.76. The number of hydrogen-bond donors (Lipinski definition) is 1. The van der Waals surface area contributed by atoms with E-state index in [-0.39, 0.29) is 6.10 Å². The number of hydrogen-bond acceptors (Lipinski definition) is 2. The van der Waals surface area contributed by atoms with Gasteiger partial charge in [-0.25, -0.2) is 0 Å². The van der Waals surface area contributed by atoms with Crippen molar-refractivity contribution in [2.75, 3.05) is 6.61 Å². The molecule has 0 heterocycles. The highest BCUT2D eigenvalue weighted by Crippen LogP contribution is 2.29. The number of ether oxygens (including phenoxy) is 1. The number of aliphatic hydroxyl groups is 1. The molecule has 2 aliphatic rings. The van der Waals surface area contributed by atoms with Gasteiger partial charge in [0.25, 0.3) is 0 Å². The van der Waals surface area contributed by atoms with Gasteiger partial charge in [0, 0.05) is 6.61 Å². The van der Waals surface area contributed by atoms with Crippen LogP contribution in [0.3, 0.4) is 0 Å². The molecule has 2 rings (SSSR count). The summed E-state index contributed by atoms with van der Waals surface area (Å²) in [6.45, 7) is 0.867. The molecule has 2 fully saturated rings. The molecule has 82 valence electrons. The average molecular weight is 198 g/mol. The van der Waals surface area contributed by atoms with E-state index in [1.807, 2.05) is 0 Å². The lowest BCUT2D eigenvalue weighted by Crippen LogP contribution is -2.17. The molecular weight excluding hydrogens is 176 g/mol. The first-order valence-electron chi connectivity index (χ1n) is 6.16. The summed E-state index contributed by atoms with van der Waals surface area (Å²) in [4.78, 5) is 0. The van der Waals surface area contributed by atoms with Gasteiger partial charge in [-0.05, 0) is 38.0 Å². The van der Waals surface area contributed by atoms with Crippen LogP contribution in [-0.2, 0) is 4.74 Å². The maximum Gasteiger partial charge on any atom is 0.0575 e. The Morgan fingerprint density at radius 2 is 1.79 bits per heavy atom. The van der Waals surface area contributed by atoms with Gasteiger partial charge in [-0.2, -0.15) is 0 Å². The normalized spacial score (nSPS) is 34.1. The molecule has 2 nitrogen and oxygen atoms in total. The van der Waals surface area contributed by atoms with Crippen molar-refractivity contribution in [1.29, 1.82) is 0 Å². The van der Waals surface area contributed by atoms with Crippen molar-refractivity contribution in [1.82, 2.24) is 0 Å². The Hall–Kier alpha value is -0.0800. The Bertz CT molecular complexity index is 164. The van der Waals surface area contributed by atoms with Gasteiger partial charge in [0.1, 0.15) is 0 Å². The largest absolute Gasteiger partial charge is 0.393 e. The van der Waals surface area contributed by atoms with Gasteiger partial charge < -0.3 is 9.84 Å². The fraction of sp³-hybridized carbons (Fsp3) is 1.00. The van der Waals surface area contributed by atoms with Crippen LogP contribution >= 0.6 is 0 Å². The maximum atomic E-state index is 9.63. The Labute approximate surface area is 86.6 Å². The van der Waals surface area contributed by atoms with Crippen LogP contribution in [0.25, 0.3) is 0 Å². The van der Waals surface area contributed by atoms with Crippen LogP contribution in [-0.4, -0.2) is 23.9 Å². The molecule has 0 aromatic carbocycles. The standard InChI is InChI=1S/C12H22O2/c13-12-7-3-4-10(12)8-9-14-11-5-1-2-6-11/h10-13H,1-9H2. The molecule has 2 saturated carbocycles. The monoisotopic (exact) mass is 198 g/mol. The zero-order valence-electron chi connectivity index (χ0n) is 8.95. The molecule has 0 aromatic heterocycles. The smallest absolute Gasteiger partial charge is 0.0575 e. The summed E-state index contributed by atoms with van der Waals surface area (Å²) in [5.74, 6) is 0.524. The minimum absolute atomic E-state index is 0.0396. The topological polar surface area (TPSA) is 29.5 Å². The second kappa shape index (κ2) is 5.13. The lowest BCUT2D eigenvalue weighted by molar-refractivity contribution is 0.0351. The molecule has 2 heteroatoms. The first kappa shape index (κ1) is 10.4. The van der Waals surface area contributed by atoms with E-state index in [1.165, 1.54) is 38.5 Å². The molecule has 0 bridgehead atoms. The van der Waals surface area contributed by atoms with Crippen molar-refractivity contribution in [2.45, 2.75) is 63.6 Å². The SMILES string of the molecule is OC1CCCC1CCOC1CCCC1. The van der Waals surface area contributed by atoms with Gasteiger partial charge in [0.2, 0.25) is 0 Å². The third kappa shape index (κ3) is 2.71. The Morgan fingerprint density at radius 3 is 2.43 bits per heavy atom. The zero-order valence-corrected chi connectivity index (χ0v) is 8.95. The molecular formula is C12H22O2. The van der Waals surface area contributed by atoms with Crippen molar-refractivity contribution in [3.63, 3.8) is 0 Å². The first-order chi connectivity index (χ1) is 6.86. The summed E-state index contributed by atoms with van der Waals surface area (Å²) in [5, 5.41) is 9.63. The maximum absolute atomic E-state index is 9.63. The second-order valence-corrected chi connectivity index (χ2v) is 4.82. The minimum Gasteiger partial charge on any atom is -0.393 e. The molecule has 2 unspecified atom stereocenters. The van der Waals surface area contributed by atoms with Gasteiger partial charge >= 0.3 is 0 Å². The highest BCUT2D eigenvalue weighted by Gasteiger charge is 2.25. The van der Waals surface area contributed by atoms with E-state index in [0.717, 1.165) is 19.4 Å². The summed E-state index contributed by atoms with van der Waals surface area (Å²) in [7, 11) is 0.